The maximum atomic E-state index is 12.8. The third-order valence-corrected chi connectivity index (χ3v) is 5.16. The van der Waals surface area contributed by atoms with Gasteiger partial charge in [0.15, 0.2) is 0 Å². The number of amides is 1. The lowest BCUT2D eigenvalue weighted by atomic mass is 10.1. The highest BCUT2D eigenvalue weighted by atomic mass is 19.4. The van der Waals surface area contributed by atoms with Crippen molar-refractivity contribution in [3.05, 3.63) is 65.2 Å². The van der Waals surface area contributed by atoms with Gasteiger partial charge in [-0.1, -0.05) is 37.3 Å². The van der Waals surface area contributed by atoms with Gasteiger partial charge in [0.2, 0.25) is 5.91 Å². The van der Waals surface area contributed by atoms with E-state index in [4.69, 9.17) is 4.74 Å². The molecule has 0 bridgehead atoms. The number of rotatable bonds is 9. The Bertz CT molecular complexity index is 835. The molecule has 2 aromatic rings. The maximum absolute atomic E-state index is 12.8. The van der Waals surface area contributed by atoms with E-state index in [1.54, 1.807) is 6.07 Å². The summed E-state index contributed by atoms with van der Waals surface area (Å²) >= 11 is 0. The molecule has 3 rings (SSSR count). The molecule has 0 radical (unpaired) electrons. The highest BCUT2D eigenvalue weighted by molar-refractivity contribution is 5.75. The molecule has 0 heterocycles. The summed E-state index contributed by atoms with van der Waals surface area (Å²) in [7, 11) is 0. The molecular formula is C23H26F3NO2. The van der Waals surface area contributed by atoms with Crippen molar-refractivity contribution in [1.82, 2.24) is 5.32 Å². The molecule has 2 aromatic carbocycles. The average molecular weight is 405 g/mol. The van der Waals surface area contributed by atoms with Crippen molar-refractivity contribution in [3.8, 4) is 5.75 Å². The van der Waals surface area contributed by atoms with Crippen molar-refractivity contribution in [2.45, 2.75) is 44.7 Å². The molecule has 1 saturated carbocycles. The molecule has 1 aliphatic carbocycles. The largest absolute Gasteiger partial charge is 0.493 e. The summed E-state index contributed by atoms with van der Waals surface area (Å²) in [6, 6.07) is 13.2. The number of carbonyl (C=O) groups is 1. The zero-order valence-corrected chi connectivity index (χ0v) is 16.5. The predicted molar refractivity (Wildman–Crippen MR) is 106 cm³/mol. The van der Waals surface area contributed by atoms with Crippen LogP contribution in [-0.4, -0.2) is 19.1 Å². The lowest BCUT2D eigenvalue weighted by Crippen LogP contribution is -2.25. The molecule has 0 spiro atoms. The molecule has 1 aliphatic rings. The summed E-state index contributed by atoms with van der Waals surface area (Å²) in [5, 5.41) is 2.98. The molecule has 6 heteroatoms. The van der Waals surface area contributed by atoms with Crippen molar-refractivity contribution in [2.75, 3.05) is 13.2 Å². The molecule has 29 heavy (non-hydrogen) atoms. The van der Waals surface area contributed by atoms with Crippen molar-refractivity contribution in [2.24, 2.45) is 5.92 Å². The van der Waals surface area contributed by atoms with Gasteiger partial charge in [0, 0.05) is 19.4 Å². The van der Waals surface area contributed by atoms with Gasteiger partial charge in [0.05, 0.1) is 12.2 Å². The summed E-state index contributed by atoms with van der Waals surface area (Å²) in [5.74, 6) is 1.69. The van der Waals surface area contributed by atoms with Gasteiger partial charge >= 0.3 is 6.18 Å². The number of ether oxygens (including phenoxy) is 1. The van der Waals surface area contributed by atoms with Crippen molar-refractivity contribution >= 4 is 5.91 Å². The monoisotopic (exact) mass is 405 g/mol. The Hall–Kier alpha value is -2.50. The van der Waals surface area contributed by atoms with E-state index in [1.165, 1.54) is 17.7 Å². The fraction of sp³-hybridized carbons (Fsp3) is 0.435. The number of halogens is 3. The van der Waals surface area contributed by atoms with E-state index in [2.05, 4.69) is 11.4 Å². The number of carbonyl (C=O) groups excluding carboxylic acids is 1. The summed E-state index contributed by atoms with van der Waals surface area (Å²) in [4.78, 5) is 11.6. The summed E-state index contributed by atoms with van der Waals surface area (Å²) in [6.45, 7) is 2.99. The van der Waals surface area contributed by atoms with E-state index in [9.17, 15) is 18.0 Å². The van der Waals surface area contributed by atoms with Gasteiger partial charge in [-0.2, -0.15) is 13.2 Å². The minimum atomic E-state index is -4.33. The molecule has 156 valence electrons. The molecule has 2 atom stereocenters. The second-order valence-electron chi connectivity index (χ2n) is 7.53. The van der Waals surface area contributed by atoms with Crippen LogP contribution in [0.4, 0.5) is 13.2 Å². The van der Waals surface area contributed by atoms with Crippen LogP contribution in [0, 0.1) is 5.92 Å². The fourth-order valence-electron chi connectivity index (χ4n) is 3.47. The molecule has 1 fully saturated rings. The van der Waals surface area contributed by atoms with Gasteiger partial charge < -0.3 is 10.1 Å². The third kappa shape index (κ3) is 6.24. The number of benzene rings is 2. The van der Waals surface area contributed by atoms with Crippen molar-refractivity contribution in [1.29, 1.82) is 0 Å². The van der Waals surface area contributed by atoms with Crippen LogP contribution in [0.5, 0.6) is 5.75 Å². The lowest BCUT2D eigenvalue weighted by Gasteiger charge is -2.10. The normalized spacial score (nSPS) is 18.3. The second kappa shape index (κ2) is 9.33. The van der Waals surface area contributed by atoms with Crippen LogP contribution in [0.2, 0.25) is 0 Å². The second-order valence-corrected chi connectivity index (χ2v) is 7.53. The Morgan fingerprint density at radius 3 is 2.72 bits per heavy atom. The number of hydrogen-bond acceptors (Lipinski definition) is 2. The highest BCUT2D eigenvalue weighted by Crippen LogP contribution is 2.47. The fourth-order valence-corrected chi connectivity index (χ4v) is 3.47. The van der Waals surface area contributed by atoms with Gasteiger partial charge in [-0.05, 0) is 54.0 Å². The van der Waals surface area contributed by atoms with Gasteiger partial charge in [0.1, 0.15) is 5.75 Å². The first-order valence-corrected chi connectivity index (χ1v) is 10.0. The molecule has 0 aromatic heterocycles. The Balaban J connectivity index is 1.48. The Morgan fingerprint density at radius 1 is 1.17 bits per heavy atom. The van der Waals surface area contributed by atoms with Crippen LogP contribution in [0.25, 0.3) is 0 Å². The first kappa shape index (κ1) is 21.2. The SMILES string of the molecule is CCCC(=O)NCC1CC1c1cccc(OCCc2cccc(C(F)(F)F)c2)c1. The Labute approximate surface area is 169 Å². The molecule has 3 nitrogen and oxygen atoms in total. The zero-order chi connectivity index (χ0) is 20.9. The number of hydrogen-bond donors (Lipinski definition) is 1. The van der Waals surface area contributed by atoms with E-state index < -0.39 is 11.7 Å². The standard InChI is InChI=1S/C23H26F3NO2/c1-2-5-22(28)27-15-18-14-21(18)17-7-4-9-20(13-17)29-11-10-16-6-3-8-19(12-16)23(24,25)26/h3-4,6-9,12-13,18,21H,2,5,10-11,14-15H2,1H3,(H,27,28). The predicted octanol–water partition coefficient (Wildman–Crippen LogP) is 5.35. The minimum Gasteiger partial charge on any atom is -0.493 e. The summed E-state index contributed by atoms with van der Waals surface area (Å²) in [5.41, 5.74) is 1.14. The smallest absolute Gasteiger partial charge is 0.416 e. The Kier molecular flexibility index (Phi) is 6.83. The Morgan fingerprint density at radius 2 is 1.97 bits per heavy atom. The van der Waals surface area contributed by atoms with Gasteiger partial charge in [-0.25, -0.2) is 0 Å². The first-order chi connectivity index (χ1) is 13.9. The van der Waals surface area contributed by atoms with Crippen molar-refractivity contribution < 1.29 is 22.7 Å². The number of nitrogens with one attached hydrogen (secondary N) is 1. The van der Waals surface area contributed by atoms with E-state index >= 15 is 0 Å². The number of alkyl halides is 3. The molecular weight excluding hydrogens is 379 g/mol. The van der Waals surface area contributed by atoms with E-state index in [0.29, 0.717) is 43.4 Å². The van der Waals surface area contributed by atoms with Crippen LogP contribution < -0.4 is 10.1 Å². The van der Waals surface area contributed by atoms with Gasteiger partial charge in [0.25, 0.3) is 0 Å². The van der Waals surface area contributed by atoms with E-state index in [-0.39, 0.29) is 5.91 Å². The third-order valence-electron chi connectivity index (χ3n) is 5.16. The zero-order valence-electron chi connectivity index (χ0n) is 16.5. The lowest BCUT2D eigenvalue weighted by molar-refractivity contribution is -0.137. The van der Waals surface area contributed by atoms with E-state index in [0.717, 1.165) is 24.7 Å². The summed E-state index contributed by atoms with van der Waals surface area (Å²) in [6.07, 6.45) is -1.47. The van der Waals surface area contributed by atoms with Crippen LogP contribution in [0.1, 0.15) is 48.8 Å². The van der Waals surface area contributed by atoms with Crippen molar-refractivity contribution in [3.63, 3.8) is 0 Å². The van der Waals surface area contributed by atoms with Gasteiger partial charge in [-0.3, -0.25) is 4.79 Å². The average Bonchev–Trinajstić information content (AvgIpc) is 3.46. The van der Waals surface area contributed by atoms with Crippen LogP contribution in [0.3, 0.4) is 0 Å². The van der Waals surface area contributed by atoms with Gasteiger partial charge in [-0.15, -0.1) is 0 Å². The topological polar surface area (TPSA) is 38.3 Å². The molecule has 1 amide bonds. The molecule has 1 N–H and O–H groups in total. The van der Waals surface area contributed by atoms with Crippen LogP contribution in [0.15, 0.2) is 48.5 Å². The quantitative estimate of drug-likeness (QED) is 0.611. The maximum Gasteiger partial charge on any atom is 0.416 e. The van der Waals surface area contributed by atoms with Crippen LogP contribution in [-0.2, 0) is 17.4 Å². The molecule has 2 unspecified atom stereocenters. The molecule has 0 aliphatic heterocycles. The van der Waals surface area contributed by atoms with E-state index in [1.807, 2.05) is 25.1 Å². The minimum absolute atomic E-state index is 0.102. The first-order valence-electron chi connectivity index (χ1n) is 10.0. The van der Waals surface area contributed by atoms with Crippen LogP contribution >= 0.6 is 0 Å². The molecule has 0 saturated heterocycles. The highest BCUT2D eigenvalue weighted by Gasteiger charge is 2.38. The summed E-state index contributed by atoms with van der Waals surface area (Å²) < 4.78 is 44.2.